The monoisotopic (exact) mass is 412 g/mol. The van der Waals surface area contributed by atoms with Gasteiger partial charge in [-0.25, -0.2) is 9.78 Å². The highest BCUT2D eigenvalue weighted by atomic mass is 16.7. The summed E-state index contributed by atoms with van der Waals surface area (Å²) in [5, 5.41) is 0. The van der Waals surface area contributed by atoms with Crippen molar-refractivity contribution < 1.29 is 14.3 Å². The van der Waals surface area contributed by atoms with Gasteiger partial charge in [0.1, 0.15) is 5.78 Å². The molecular formula is C21H24N4O5. The highest BCUT2D eigenvalue weighted by Gasteiger charge is 2.32. The molecule has 9 nitrogen and oxygen atoms in total. The van der Waals surface area contributed by atoms with E-state index >= 15 is 0 Å². The first-order valence-corrected chi connectivity index (χ1v) is 9.88. The van der Waals surface area contributed by atoms with Crippen LogP contribution in [0.2, 0.25) is 0 Å². The first kappa shape index (κ1) is 20.2. The third kappa shape index (κ3) is 3.86. The third-order valence-electron chi connectivity index (χ3n) is 5.21. The molecule has 0 atom stereocenters. The molecule has 0 N–H and O–H groups in total. The molecule has 3 aromatic rings. The maximum atomic E-state index is 13.2. The van der Waals surface area contributed by atoms with Gasteiger partial charge in [0.05, 0.1) is 32.6 Å². The highest BCUT2D eigenvalue weighted by Crippen LogP contribution is 2.22. The summed E-state index contributed by atoms with van der Waals surface area (Å²) in [6, 6.07) is 9.48. The van der Waals surface area contributed by atoms with E-state index in [4.69, 9.17) is 9.47 Å². The molecule has 0 amide bonds. The van der Waals surface area contributed by atoms with E-state index in [1.165, 1.54) is 17.8 Å². The summed E-state index contributed by atoms with van der Waals surface area (Å²) in [5.74, 6) is -0.963. The molecule has 0 spiro atoms. The molecule has 1 aliphatic rings. The van der Waals surface area contributed by atoms with Gasteiger partial charge < -0.3 is 14.0 Å². The van der Waals surface area contributed by atoms with Crippen molar-refractivity contribution in [2.24, 2.45) is 0 Å². The van der Waals surface area contributed by atoms with E-state index in [1.807, 2.05) is 30.3 Å². The topological polar surface area (TPSA) is 97.3 Å². The van der Waals surface area contributed by atoms with E-state index in [0.717, 1.165) is 10.1 Å². The Hall–Kier alpha value is -3.04. The lowest BCUT2D eigenvalue weighted by atomic mass is 10.2. The van der Waals surface area contributed by atoms with Crippen molar-refractivity contribution in [2.45, 2.75) is 45.7 Å². The zero-order chi connectivity index (χ0) is 21.3. The molecule has 3 heterocycles. The van der Waals surface area contributed by atoms with Gasteiger partial charge in [-0.15, -0.1) is 0 Å². The molecule has 1 aromatic carbocycles. The Morgan fingerprint density at radius 2 is 1.83 bits per heavy atom. The number of benzene rings is 1. The van der Waals surface area contributed by atoms with Gasteiger partial charge in [-0.3, -0.25) is 18.7 Å². The van der Waals surface area contributed by atoms with Crippen LogP contribution in [0.5, 0.6) is 0 Å². The minimum absolute atomic E-state index is 0.0210. The normalized spacial score (nSPS) is 15.7. The maximum absolute atomic E-state index is 13.2. The fourth-order valence-electron chi connectivity index (χ4n) is 3.69. The molecule has 2 aromatic heterocycles. The largest absolute Gasteiger partial charge is 0.346 e. The Morgan fingerprint density at radius 1 is 1.13 bits per heavy atom. The number of fused-ring (bicyclic) bond motifs is 1. The van der Waals surface area contributed by atoms with E-state index in [-0.39, 0.29) is 37.4 Å². The Balaban J connectivity index is 1.87. The molecule has 1 saturated heterocycles. The van der Waals surface area contributed by atoms with Crippen LogP contribution in [0.4, 0.5) is 0 Å². The van der Waals surface area contributed by atoms with Crippen LogP contribution in [0, 0.1) is 0 Å². The van der Waals surface area contributed by atoms with Crippen LogP contribution in [-0.4, -0.2) is 43.5 Å². The number of imidazole rings is 1. The molecule has 1 aliphatic heterocycles. The number of ketones is 1. The quantitative estimate of drug-likeness (QED) is 0.578. The molecule has 0 saturated carbocycles. The van der Waals surface area contributed by atoms with E-state index < -0.39 is 17.0 Å². The van der Waals surface area contributed by atoms with Crippen molar-refractivity contribution in [3.05, 3.63) is 63.1 Å². The fraction of sp³-hybridized carbons (Fsp3) is 0.429. The molecule has 0 unspecified atom stereocenters. The number of aromatic nitrogens is 4. The van der Waals surface area contributed by atoms with E-state index in [2.05, 4.69) is 4.98 Å². The number of hydrogen-bond donors (Lipinski definition) is 0. The smallest absolute Gasteiger partial charge is 0.333 e. The zero-order valence-corrected chi connectivity index (χ0v) is 17.0. The average molecular weight is 412 g/mol. The van der Waals surface area contributed by atoms with Crippen molar-refractivity contribution in [3.63, 3.8) is 0 Å². The summed E-state index contributed by atoms with van der Waals surface area (Å²) in [6.45, 7) is 4.74. The van der Waals surface area contributed by atoms with Crippen LogP contribution in [0.3, 0.4) is 0 Å². The van der Waals surface area contributed by atoms with Gasteiger partial charge in [0.25, 0.3) is 5.56 Å². The van der Waals surface area contributed by atoms with Crippen LogP contribution in [0.25, 0.3) is 11.2 Å². The maximum Gasteiger partial charge on any atom is 0.333 e. The van der Waals surface area contributed by atoms with Crippen LogP contribution in [0.15, 0.2) is 46.2 Å². The molecule has 0 aliphatic carbocycles. The Bertz CT molecular complexity index is 1190. The number of carbonyl (C=O) groups is 1. The lowest BCUT2D eigenvalue weighted by molar-refractivity contribution is -0.151. The summed E-state index contributed by atoms with van der Waals surface area (Å²) in [5.41, 5.74) is 0.535. The third-order valence-corrected chi connectivity index (χ3v) is 5.21. The van der Waals surface area contributed by atoms with Crippen molar-refractivity contribution in [3.8, 4) is 0 Å². The Morgan fingerprint density at radius 3 is 2.50 bits per heavy atom. The lowest BCUT2D eigenvalue weighted by Crippen LogP contribution is -2.42. The van der Waals surface area contributed by atoms with Crippen LogP contribution in [0.1, 0.15) is 25.8 Å². The number of rotatable bonds is 7. The van der Waals surface area contributed by atoms with Gasteiger partial charge in [0.15, 0.2) is 17.0 Å². The predicted molar refractivity (Wildman–Crippen MR) is 109 cm³/mol. The van der Waals surface area contributed by atoms with Crippen LogP contribution in [-0.2, 0) is 33.9 Å². The SMILES string of the molecule is CC(=O)CCn1c(=O)c2c(ncn2CC2(C)OCCO2)n(Cc2ccccc2)c1=O. The van der Waals surface area contributed by atoms with Gasteiger partial charge in [-0.05, 0) is 19.4 Å². The van der Waals surface area contributed by atoms with Crippen molar-refractivity contribution >= 4 is 16.9 Å². The van der Waals surface area contributed by atoms with Gasteiger partial charge >= 0.3 is 5.69 Å². The molecule has 30 heavy (non-hydrogen) atoms. The van der Waals surface area contributed by atoms with Crippen LogP contribution < -0.4 is 11.2 Å². The lowest BCUT2D eigenvalue weighted by Gasteiger charge is -2.23. The van der Waals surface area contributed by atoms with Crippen LogP contribution >= 0.6 is 0 Å². The molecule has 0 bridgehead atoms. The van der Waals surface area contributed by atoms with Gasteiger partial charge in [0.2, 0.25) is 0 Å². The van der Waals surface area contributed by atoms with Crippen molar-refractivity contribution in [1.29, 1.82) is 0 Å². The summed E-state index contributed by atoms with van der Waals surface area (Å²) >= 11 is 0. The van der Waals surface area contributed by atoms with E-state index in [9.17, 15) is 14.4 Å². The second-order valence-corrected chi connectivity index (χ2v) is 7.64. The predicted octanol–water partition coefficient (Wildman–Crippen LogP) is 1.15. The zero-order valence-electron chi connectivity index (χ0n) is 17.0. The molecule has 9 heteroatoms. The number of ether oxygens (including phenoxy) is 2. The standard InChI is InChI=1S/C21H24N4O5/c1-15(26)8-9-24-19(27)17-18(22-14-23(17)13-21(2)29-10-11-30-21)25(20(24)28)12-16-6-4-3-5-7-16/h3-7,14H,8-13H2,1-2H3. The fourth-order valence-corrected chi connectivity index (χ4v) is 3.69. The second kappa shape index (κ2) is 8.00. The first-order valence-electron chi connectivity index (χ1n) is 9.88. The summed E-state index contributed by atoms with van der Waals surface area (Å²) in [7, 11) is 0. The van der Waals surface area contributed by atoms with Crippen molar-refractivity contribution in [2.75, 3.05) is 13.2 Å². The molecule has 158 valence electrons. The minimum atomic E-state index is -0.870. The van der Waals surface area contributed by atoms with E-state index in [1.54, 1.807) is 11.5 Å². The van der Waals surface area contributed by atoms with Gasteiger partial charge in [-0.2, -0.15) is 0 Å². The summed E-state index contributed by atoms with van der Waals surface area (Å²) in [4.78, 5) is 42.2. The summed E-state index contributed by atoms with van der Waals surface area (Å²) < 4.78 is 15.6. The van der Waals surface area contributed by atoms with E-state index in [0.29, 0.717) is 18.9 Å². The number of nitrogens with zero attached hydrogens (tertiary/aromatic N) is 4. The second-order valence-electron chi connectivity index (χ2n) is 7.64. The Kier molecular flexibility index (Phi) is 5.40. The molecule has 4 rings (SSSR count). The highest BCUT2D eigenvalue weighted by molar-refractivity contribution is 5.75. The number of carbonyl (C=O) groups excluding carboxylic acids is 1. The molecule has 0 radical (unpaired) electrons. The number of hydrogen-bond acceptors (Lipinski definition) is 6. The van der Waals surface area contributed by atoms with Crippen molar-refractivity contribution in [1.82, 2.24) is 18.7 Å². The molecule has 1 fully saturated rings. The average Bonchev–Trinajstić information content (AvgIpc) is 3.32. The van der Waals surface area contributed by atoms with Gasteiger partial charge in [0, 0.05) is 13.0 Å². The number of Topliss-reactive ketones (excluding diaryl/α,β-unsaturated/α-hetero) is 1. The Labute approximate surface area is 172 Å². The first-order chi connectivity index (χ1) is 14.4. The van der Waals surface area contributed by atoms with Gasteiger partial charge in [-0.1, -0.05) is 30.3 Å². The minimum Gasteiger partial charge on any atom is -0.346 e. The molecular weight excluding hydrogens is 388 g/mol. The summed E-state index contributed by atoms with van der Waals surface area (Å²) in [6.07, 6.45) is 1.63.